The fourth-order valence-electron chi connectivity index (χ4n) is 1.68. The second kappa shape index (κ2) is 11.7. The molecule has 0 aromatic carbocycles. The number of hydrogen-bond donors (Lipinski definition) is 8. The number of aliphatic carboxylic acids is 2. The Bertz CT molecular complexity index is 614. The van der Waals surface area contributed by atoms with Crippen LogP contribution >= 0.6 is 12.6 Å². The number of carbonyl (C=O) groups excluding carboxylic acids is 4. The minimum absolute atomic E-state index is 0.0218. The maximum Gasteiger partial charge on any atom is 0.326 e. The van der Waals surface area contributed by atoms with Crippen LogP contribution in [0.5, 0.6) is 0 Å². The molecule has 0 saturated carbocycles. The summed E-state index contributed by atoms with van der Waals surface area (Å²) in [5.74, 6) is -6.78. The zero-order chi connectivity index (χ0) is 21.1. The molecule has 13 nitrogen and oxygen atoms in total. The molecule has 3 atom stereocenters. The third kappa shape index (κ3) is 10.0. The van der Waals surface area contributed by atoms with Crippen LogP contribution in [-0.4, -0.2) is 76.2 Å². The van der Waals surface area contributed by atoms with Crippen molar-refractivity contribution in [3.63, 3.8) is 0 Å². The average molecular weight is 407 g/mol. The molecule has 0 rings (SSSR count). The molecule has 0 aliphatic carbocycles. The van der Waals surface area contributed by atoms with Gasteiger partial charge in [-0.2, -0.15) is 12.6 Å². The molecule has 0 spiro atoms. The van der Waals surface area contributed by atoms with E-state index in [1.54, 1.807) is 0 Å². The number of rotatable bonds is 12. The van der Waals surface area contributed by atoms with Crippen molar-refractivity contribution >= 4 is 48.2 Å². The minimum atomic E-state index is -1.70. The van der Waals surface area contributed by atoms with E-state index in [2.05, 4.69) is 17.9 Å². The number of nitrogens with one attached hydrogen (secondary N) is 3. The molecular weight excluding hydrogens is 386 g/mol. The van der Waals surface area contributed by atoms with Gasteiger partial charge in [-0.15, -0.1) is 0 Å². The number of primary amides is 1. The predicted molar refractivity (Wildman–Crippen MR) is 92.4 cm³/mol. The molecule has 152 valence electrons. The van der Waals surface area contributed by atoms with Gasteiger partial charge >= 0.3 is 11.9 Å². The van der Waals surface area contributed by atoms with Crippen molar-refractivity contribution in [2.24, 2.45) is 11.5 Å². The first-order chi connectivity index (χ1) is 12.5. The largest absolute Gasteiger partial charge is 0.481 e. The van der Waals surface area contributed by atoms with E-state index in [0.717, 1.165) is 0 Å². The van der Waals surface area contributed by atoms with Crippen LogP contribution in [0.2, 0.25) is 0 Å². The smallest absolute Gasteiger partial charge is 0.326 e. The molecule has 0 aliphatic heterocycles. The molecule has 0 heterocycles. The Kier molecular flexibility index (Phi) is 10.4. The van der Waals surface area contributed by atoms with Crippen LogP contribution < -0.4 is 27.4 Å². The Morgan fingerprint density at radius 2 is 1.52 bits per heavy atom. The maximum absolute atomic E-state index is 12.1. The molecule has 0 saturated heterocycles. The van der Waals surface area contributed by atoms with Crippen molar-refractivity contribution in [3.05, 3.63) is 0 Å². The highest BCUT2D eigenvalue weighted by Gasteiger charge is 2.29. The Labute approximate surface area is 158 Å². The van der Waals surface area contributed by atoms with Crippen LogP contribution in [0.4, 0.5) is 0 Å². The number of nitrogens with two attached hydrogens (primary N) is 2. The quantitative estimate of drug-likeness (QED) is 0.146. The summed E-state index contributed by atoms with van der Waals surface area (Å²) in [7, 11) is 0. The first kappa shape index (κ1) is 24.1. The van der Waals surface area contributed by atoms with Crippen molar-refractivity contribution in [2.45, 2.75) is 31.0 Å². The lowest BCUT2D eigenvalue weighted by Gasteiger charge is -2.20. The van der Waals surface area contributed by atoms with E-state index < -0.39 is 73.1 Å². The summed E-state index contributed by atoms with van der Waals surface area (Å²) in [6, 6.07) is -4.32. The Balaban J connectivity index is 4.94. The highest BCUT2D eigenvalue weighted by Crippen LogP contribution is 1.98. The Hall–Kier alpha value is -2.87. The lowest BCUT2D eigenvalue weighted by molar-refractivity contribution is -0.144. The summed E-state index contributed by atoms with van der Waals surface area (Å²) in [6.07, 6.45) is -1.60. The molecule has 14 heteroatoms. The van der Waals surface area contributed by atoms with Gasteiger partial charge in [0.15, 0.2) is 0 Å². The standard InChI is InChI=1S/C13H21N5O8S/c14-5(4-27)11(23)16-3-9(20)17-6(2-10(21)22)12(24)18-7(13(25)26)1-8(15)19/h5-7,27H,1-4,14H2,(H2,15,19)(H,16,23)(H,17,20)(H,18,24)(H,21,22)(H,25,26). The molecular formula is C13H21N5O8S. The van der Waals surface area contributed by atoms with E-state index in [9.17, 15) is 28.8 Å². The number of carboxylic acids is 2. The summed E-state index contributed by atoms with van der Waals surface area (Å²) in [6.45, 7) is -0.604. The molecule has 0 aliphatic rings. The number of hydrogen-bond acceptors (Lipinski definition) is 8. The van der Waals surface area contributed by atoms with Gasteiger partial charge in [-0.05, 0) is 0 Å². The van der Waals surface area contributed by atoms with Crippen LogP contribution in [0.1, 0.15) is 12.8 Å². The molecule has 4 amide bonds. The number of carboxylic acid groups (broad SMARTS) is 2. The van der Waals surface area contributed by atoms with Crippen molar-refractivity contribution in [3.8, 4) is 0 Å². The van der Waals surface area contributed by atoms with Gasteiger partial charge in [0.05, 0.1) is 25.4 Å². The Morgan fingerprint density at radius 1 is 0.926 bits per heavy atom. The minimum Gasteiger partial charge on any atom is -0.481 e. The van der Waals surface area contributed by atoms with Gasteiger partial charge in [-0.1, -0.05) is 0 Å². The summed E-state index contributed by atoms with van der Waals surface area (Å²) < 4.78 is 0. The lowest BCUT2D eigenvalue weighted by Crippen LogP contribution is -2.54. The third-order valence-electron chi connectivity index (χ3n) is 3.01. The van der Waals surface area contributed by atoms with Gasteiger partial charge in [0.1, 0.15) is 12.1 Å². The van der Waals surface area contributed by atoms with Crippen molar-refractivity contribution in [2.75, 3.05) is 12.3 Å². The molecule has 0 aromatic rings. The van der Waals surface area contributed by atoms with Crippen LogP contribution in [0, 0.1) is 0 Å². The topological polar surface area (TPSA) is 231 Å². The van der Waals surface area contributed by atoms with Gasteiger partial charge in [-0.3, -0.25) is 24.0 Å². The fraction of sp³-hybridized carbons (Fsp3) is 0.538. The molecule has 0 bridgehead atoms. The van der Waals surface area contributed by atoms with Gasteiger partial charge in [-0.25, -0.2) is 4.79 Å². The van der Waals surface area contributed by atoms with Crippen LogP contribution in [-0.2, 0) is 28.8 Å². The molecule has 27 heavy (non-hydrogen) atoms. The molecule has 0 radical (unpaired) electrons. The second-order valence-corrected chi connectivity index (χ2v) is 5.66. The summed E-state index contributed by atoms with van der Waals surface area (Å²) in [4.78, 5) is 68.1. The molecule has 0 fully saturated rings. The number of thiol groups is 1. The highest BCUT2D eigenvalue weighted by molar-refractivity contribution is 7.80. The first-order valence-corrected chi connectivity index (χ1v) is 8.07. The first-order valence-electron chi connectivity index (χ1n) is 7.44. The summed E-state index contributed by atoms with van der Waals surface area (Å²) in [5, 5.41) is 23.9. The van der Waals surface area contributed by atoms with E-state index >= 15 is 0 Å². The van der Waals surface area contributed by atoms with E-state index in [0.29, 0.717) is 0 Å². The molecule has 0 aromatic heterocycles. The fourth-order valence-corrected chi connectivity index (χ4v) is 1.85. The molecule has 3 unspecified atom stereocenters. The summed E-state index contributed by atoms with van der Waals surface area (Å²) >= 11 is 3.81. The third-order valence-corrected chi connectivity index (χ3v) is 3.40. The normalized spacial score (nSPS) is 13.6. The van der Waals surface area contributed by atoms with E-state index in [1.165, 1.54) is 0 Å². The van der Waals surface area contributed by atoms with Gasteiger partial charge < -0.3 is 37.6 Å². The van der Waals surface area contributed by atoms with Gasteiger partial charge in [0, 0.05) is 5.75 Å². The monoisotopic (exact) mass is 407 g/mol. The predicted octanol–water partition coefficient (Wildman–Crippen LogP) is -4.24. The van der Waals surface area contributed by atoms with E-state index in [4.69, 9.17) is 21.7 Å². The maximum atomic E-state index is 12.1. The van der Waals surface area contributed by atoms with Crippen LogP contribution in [0.15, 0.2) is 0 Å². The average Bonchev–Trinajstić information content (AvgIpc) is 2.56. The van der Waals surface area contributed by atoms with E-state index in [1.807, 2.05) is 10.6 Å². The van der Waals surface area contributed by atoms with Crippen molar-refractivity contribution in [1.29, 1.82) is 0 Å². The highest BCUT2D eigenvalue weighted by atomic mass is 32.1. The Morgan fingerprint density at radius 3 is 1.96 bits per heavy atom. The molecule has 9 N–H and O–H groups in total. The SMILES string of the molecule is NC(=O)CC(NC(=O)C(CC(=O)O)NC(=O)CNC(=O)C(N)CS)C(=O)O. The zero-order valence-electron chi connectivity index (χ0n) is 14.0. The van der Waals surface area contributed by atoms with Crippen molar-refractivity contribution < 1.29 is 39.0 Å². The van der Waals surface area contributed by atoms with Gasteiger partial charge in [0.25, 0.3) is 0 Å². The number of amides is 4. The van der Waals surface area contributed by atoms with Crippen molar-refractivity contribution in [1.82, 2.24) is 16.0 Å². The van der Waals surface area contributed by atoms with Crippen LogP contribution in [0.3, 0.4) is 0 Å². The van der Waals surface area contributed by atoms with Gasteiger partial charge in [0.2, 0.25) is 23.6 Å². The number of carbonyl (C=O) groups is 6. The lowest BCUT2D eigenvalue weighted by atomic mass is 10.1. The zero-order valence-corrected chi connectivity index (χ0v) is 14.9. The second-order valence-electron chi connectivity index (χ2n) is 5.29. The van der Waals surface area contributed by atoms with E-state index in [-0.39, 0.29) is 5.75 Å². The summed E-state index contributed by atoms with van der Waals surface area (Å²) in [5.41, 5.74) is 10.3. The van der Waals surface area contributed by atoms with Crippen LogP contribution in [0.25, 0.3) is 0 Å².